The lowest BCUT2D eigenvalue weighted by atomic mass is 9.87. The van der Waals surface area contributed by atoms with Crippen molar-refractivity contribution in [3.63, 3.8) is 0 Å². The van der Waals surface area contributed by atoms with Crippen LogP contribution in [0.5, 0.6) is 0 Å². The molecular formula is C24H38N2O. The van der Waals surface area contributed by atoms with Crippen molar-refractivity contribution in [3.8, 4) is 0 Å². The van der Waals surface area contributed by atoms with E-state index in [1.807, 2.05) is 0 Å². The van der Waals surface area contributed by atoms with Gasteiger partial charge in [0.25, 0.3) is 0 Å². The number of piperidine rings is 1. The van der Waals surface area contributed by atoms with Crippen LogP contribution in [0, 0.1) is 25.2 Å². The largest absolute Gasteiger partial charge is 0.371 e. The molecule has 1 fully saturated rings. The predicted octanol–water partition coefficient (Wildman–Crippen LogP) is 6.25. The fraction of sp³-hybridized carbons (Fsp3) is 0.625. The van der Waals surface area contributed by atoms with Crippen LogP contribution in [0.1, 0.15) is 71.4 Å². The number of benzene rings is 1. The van der Waals surface area contributed by atoms with Crippen molar-refractivity contribution < 1.29 is 4.79 Å². The molecule has 2 rings (SSSR count). The Labute approximate surface area is 166 Å². The lowest BCUT2D eigenvalue weighted by Gasteiger charge is -2.35. The molecule has 0 aromatic heterocycles. The molecule has 0 radical (unpaired) electrons. The molecule has 1 aromatic carbocycles. The van der Waals surface area contributed by atoms with Crippen molar-refractivity contribution in [2.24, 2.45) is 11.3 Å². The van der Waals surface area contributed by atoms with Crippen LogP contribution in [0.15, 0.2) is 23.8 Å². The molecule has 27 heavy (non-hydrogen) atoms. The SMILES string of the molecule is CC=C(CC)C1CCN(c2cc(C)c(NC(=O)CC(C)(C)C)c(C)c2)CC1. The van der Waals surface area contributed by atoms with Crippen molar-refractivity contribution in [1.29, 1.82) is 0 Å². The van der Waals surface area contributed by atoms with Gasteiger partial charge < -0.3 is 10.2 Å². The quantitative estimate of drug-likeness (QED) is 0.621. The summed E-state index contributed by atoms with van der Waals surface area (Å²) in [5.74, 6) is 0.843. The molecule has 1 saturated heterocycles. The second-order valence-corrected chi connectivity index (χ2v) is 9.22. The van der Waals surface area contributed by atoms with Gasteiger partial charge in [-0.2, -0.15) is 0 Å². The Hall–Kier alpha value is -1.77. The van der Waals surface area contributed by atoms with Gasteiger partial charge >= 0.3 is 0 Å². The van der Waals surface area contributed by atoms with Gasteiger partial charge in [0.1, 0.15) is 0 Å². The first kappa shape index (κ1) is 21.5. The number of aryl methyl sites for hydroxylation is 2. The number of carbonyl (C=O) groups is 1. The van der Waals surface area contributed by atoms with Crippen LogP contribution in [0.3, 0.4) is 0 Å². The van der Waals surface area contributed by atoms with Gasteiger partial charge in [-0.1, -0.05) is 39.3 Å². The summed E-state index contributed by atoms with van der Waals surface area (Å²) in [5.41, 5.74) is 6.18. The average Bonchev–Trinajstić information content (AvgIpc) is 2.58. The predicted molar refractivity (Wildman–Crippen MR) is 118 cm³/mol. The topological polar surface area (TPSA) is 32.3 Å². The first-order valence-electron chi connectivity index (χ1n) is 10.5. The molecule has 0 aliphatic carbocycles. The van der Waals surface area contributed by atoms with Gasteiger partial charge in [0.05, 0.1) is 0 Å². The molecule has 0 spiro atoms. The summed E-state index contributed by atoms with van der Waals surface area (Å²) in [7, 11) is 0. The molecule has 1 heterocycles. The van der Waals surface area contributed by atoms with E-state index in [9.17, 15) is 4.79 Å². The number of anilines is 2. The highest BCUT2D eigenvalue weighted by molar-refractivity contribution is 5.93. The van der Waals surface area contributed by atoms with Crippen LogP contribution in [-0.4, -0.2) is 19.0 Å². The standard InChI is InChI=1S/C24H38N2O/c1-8-19(9-2)20-10-12-26(13-11-20)21-14-17(3)23(18(4)15-21)25-22(27)16-24(5,6)7/h8,14-15,20H,9-13,16H2,1-7H3,(H,25,27). The van der Waals surface area contributed by atoms with Gasteiger partial charge in [-0.25, -0.2) is 0 Å². The zero-order valence-electron chi connectivity index (χ0n) is 18.4. The smallest absolute Gasteiger partial charge is 0.224 e. The number of carbonyl (C=O) groups excluding carboxylic acids is 1. The lowest BCUT2D eigenvalue weighted by Crippen LogP contribution is -2.34. The number of nitrogens with one attached hydrogen (secondary N) is 1. The number of hydrogen-bond acceptors (Lipinski definition) is 2. The van der Waals surface area contributed by atoms with E-state index in [1.54, 1.807) is 5.57 Å². The average molecular weight is 371 g/mol. The number of rotatable bonds is 5. The second kappa shape index (κ2) is 8.95. The zero-order chi connectivity index (χ0) is 20.2. The molecule has 0 atom stereocenters. The molecule has 0 unspecified atom stereocenters. The van der Waals surface area contributed by atoms with Crippen LogP contribution in [0.25, 0.3) is 0 Å². The monoisotopic (exact) mass is 370 g/mol. The third-order valence-electron chi connectivity index (χ3n) is 5.64. The third kappa shape index (κ3) is 5.85. The first-order valence-corrected chi connectivity index (χ1v) is 10.5. The van der Waals surface area contributed by atoms with Crippen molar-refractivity contribution in [3.05, 3.63) is 34.9 Å². The van der Waals surface area contributed by atoms with Gasteiger partial charge in [0.2, 0.25) is 5.91 Å². The summed E-state index contributed by atoms with van der Waals surface area (Å²) in [6, 6.07) is 4.47. The summed E-state index contributed by atoms with van der Waals surface area (Å²) >= 11 is 0. The van der Waals surface area contributed by atoms with Crippen LogP contribution in [0.4, 0.5) is 11.4 Å². The molecule has 1 amide bonds. The molecule has 3 nitrogen and oxygen atoms in total. The minimum Gasteiger partial charge on any atom is -0.371 e. The summed E-state index contributed by atoms with van der Waals surface area (Å²) in [6.07, 6.45) is 6.48. The molecule has 0 bridgehead atoms. The summed E-state index contributed by atoms with van der Waals surface area (Å²) < 4.78 is 0. The van der Waals surface area contributed by atoms with Crippen LogP contribution >= 0.6 is 0 Å². The van der Waals surface area contributed by atoms with Gasteiger partial charge in [-0.05, 0) is 74.6 Å². The van der Waals surface area contributed by atoms with E-state index in [2.05, 4.69) is 76.9 Å². The highest BCUT2D eigenvalue weighted by Crippen LogP contribution is 2.33. The number of nitrogens with zero attached hydrogens (tertiary/aromatic N) is 1. The normalized spacial score (nSPS) is 16.6. The Morgan fingerprint density at radius 2 is 1.74 bits per heavy atom. The molecule has 150 valence electrons. The van der Waals surface area contributed by atoms with E-state index in [0.29, 0.717) is 6.42 Å². The third-order valence-corrected chi connectivity index (χ3v) is 5.64. The molecule has 3 heteroatoms. The Balaban J connectivity index is 2.08. The fourth-order valence-electron chi connectivity index (χ4n) is 4.22. The Bertz CT molecular complexity index is 666. The number of hydrogen-bond donors (Lipinski definition) is 1. The van der Waals surface area contributed by atoms with E-state index < -0.39 is 0 Å². The fourth-order valence-corrected chi connectivity index (χ4v) is 4.22. The second-order valence-electron chi connectivity index (χ2n) is 9.22. The van der Waals surface area contributed by atoms with Gasteiger partial charge in [0.15, 0.2) is 0 Å². The van der Waals surface area contributed by atoms with E-state index in [0.717, 1.165) is 35.8 Å². The zero-order valence-corrected chi connectivity index (χ0v) is 18.4. The van der Waals surface area contributed by atoms with Gasteiger partial charge in [0, 0.05) is 30.9 Å². The molecule has 1 N–H and O–H groups in total. The van der Waals surface area contributed by atoms with Gasteiger partial charge in [-0.15, -0.1) is 0 Å². The number of amides is 1. The summed E-state index contributed by atoms with van der Waals surface area (Å²) in [4.78, 5) is 14.8. The maximum atomic E-state index is 12.3. The maximum Gasteiger partial charge on any atom is 0.224 e. The molecule has 1 aromatic rings. The van der Waals surface area contributed by atoms with Crippen LogP contribution in [-0.2, 0) is 4.79 Å². The van der Waals surface area contributed by atoms with Crippen LogP contribution < -0.4 is 10.2 Å². The first-order chi connectivity index (χ1) is 12.6. The Kier molecular flexibility index (Phi) is 7.13. The Morgan fingerprint density at radius 3 is 2.19 bits per heavy atom. The maximum absolute atomic E-state index is 12.3. The van der Waals surface area contributed by atoms with E-state index in [-0.39, 0.29) is 11.3 Å². The molecule has 1 aliphatic heterocycles. The molecular weight excluding hydrogens is 332 g/mol. The molecule has 1 aliphatic rings. The van der Waals surface area contributed by atoms with Crippen LogP contribution in [0.2, 0.25) is 0 Å². The van der Waals surface area contributed by atoms with Crippen molar-refractivity contribution in [2.45, 2.75) is 74.1 Å². The number of allylic oxidation sites excluding steroid dienone is 2. The summed E-state index contributed by atoms with van der Waals surface area (Å²) in [6.45, 7) is 17.1. The van der Waals surface area contributed by atoms with Crippen molar-refractivity contribution >= 4 is 17.3 Å². The molecule has 0 saturated carbocycles. The van der Waals surface area contributed by atoms with E-state index in [1.165, 1.54) is 24.9 Å². The lowest BCUT2D eigenvalue weighted by molar-refractivity contribution is -0.117. The Morgan fingerprint density at radius 1 is 1.19 bits per heavy atom. The minimum atomic E-state index is 0.000450. The van der Waals surface area contributed by atoms with Crippen molar-refractivity contribution in [1.82, 2.24) is 0 Å². The van der Waals surface area contributed by atoms with E-state index >= 15 is 0 Å². The summed E-state index contributed by atoms with van der Waals surface area (Å²) in [5, 5.41) is 3.14. The highest BCUT2D eigenvalue weighted by atomic mass is 16.1. The van der Waals surface area contributed by atoms with Gasteiger partial charge in [-0.3, -0.25) is 4.79 Å². The van der Waals surface area contributed by atoms with E-state index in [4.69, 9.17) is 0 Å². The minimum absolute atomic E-state index is 0.000450. The highest BCUT2D eigenvalue weighted by Gasteiger charge is 2.22. The van der Waals surface area contributed by atoms with Crippen molar-refractivity contribution in [2.75, 3.05) is 23.3 Å².